The van der Waals surface area contributed by atoms with Crippen LogP contribution in [-0.4, -0.2) is 74.9 Å². The van der Waals surface area contributed by atoms with Crippen molar-refractivity contribution < 1.29 is 36.9 Å². The molecular weight excluding hydrogens is 580 g/mol. The molecular formula is C34H45N2O7S+. The molecule has 0 amide bonds. The van der Waals surface area contributed by atoms with E-state index in [1.54, 1.807) is 26.4 Å². The van der Waals surface area contributed by atoms with E-state index in [1.807, 2.05) is 0 Å². The Labute approximate surface area is 261 Å². The molecule has 2 aromatic carbocycles. The molecule has 1 atom stereocenters. The zero-order valence-electron chi connectivity index (χ0n) is 26.4. The van der Waals surface area contributed by atoms with E-state index in [0.717, 1.165) is 54.2 Å². The van der Waals surface area contributed by atoms with E-state index in [1.165, 1.54) is 11.6 Å². The van der Waals surface area contributed by atoms with Crippen molar-refractivity contribution in [2.24, 2.45) is 0 Å². The standard InChI is InChI=1S/C34H44N2O7S/c1-33(2)27-24-25(44(39,40)41)17-18-29(27)36(21-23-43-5)30(33)14-11-15-31-34(3,19-22-42-4)26-12-8-9-13-28(26)35(31)20-10-6-7-16-32(37)38/h8-9,11-15,17-18,24H,6-7,10,16,19-23H2,1-5H3,(H-,37,38,39,40,41)/p+1. The summed E-state index contributed by atoms with van der Waals surface area (Å²) in [7, 11) is -0.983. The number of aliphatic carboxylic acids is 1. The number of carbonyl (C=O) groups is 1. The van der Waals surface area contributed by atoms with Crippen molar-refractivity contribution in [1.82, 2.24) is 0 Å². The third-order valence-corrected chi connectivity index (χ3v) is 9.76. The molecule has 2 aliphatic heterocycles. The molecule has 2 aliphatic rings. The predicted octanol–water partition coefficient (Wildman–Crippen LogP) is 5.86. The lowest BCUT2D eigenvalue weighted by Gasteiger charge is -2.30. The lowest BCUT2D eigenvalue weighted by atomic mass is 9.78. The molecule has 2 heterocycles. The van der Waals surface area contributed by atoms with Crippen molar-refractivity contribution in [2.45, 2.75) is 68.6 Å². The number of hydrogen-bond donors (Lipinski definition) is 2. The van der Waals surface area contributed by atoms with Crippen LogP contribution >= 0.6 is 0 Å². The van der Waals surface area contributed by atoms with Gasteiger partial charge in [-0.25, -0.2) is 0 Å². The maximum absolute atomic E-state index is 12.0. The number of fused-ring (bicyclic) bond motifs is 2. The molecule has 0 radical (unpaired) electrons. The van der Waals surface area contributed by atoms with Gasteiger partial charge >= 0.3 is 5.97 Å². The molecule has 0 aliphatic carbocycles. The van der Waals surface area contributed by atoms with Crippen molar-refractivity contribution in [2.75, 3.05) is 45.4 Å². The van der Waals surface area contributed by atoms with E-state index in [4.69, 9.17) is 14.6 Å². The molecule has 0 aromatic heterocycles. The Morgan fingerprint density at radius 2 is 1.73 bits per heavy atom. The summed E-state index contributed by atoms with van der Waals surface area (Å²) < 4.78 is 46.7. The zero-order chi connectivity index (χ0) is 32.1. The van der Waals surface area contributed by atoms with E-state index in [0.29, 0.717) is 26.2 Å². The molecule has 0 spiro atoms. The van der Waals surface area contributed by atoms with Crippen molar-refractivity contribution in [3.05, 3.63) is 77.5 Å². The Balaban J connectivity index is 1.75. The van der Waals surface area contributed by atoms with Gasteiger partial charge in [-0.2, -0.15) is 13.0 Å². The minimum Gasteiger partial charge on any atom is -0.481 e. The van der Waals surface area contributed by atoms with Crippen LogP contribution in [0.25, 0.3) is 0 Å². The van der Waals surface area contributed by atoms with Gasteiger partial charge in [0.2, 0.25) is 5.69 Å². The van der Waals surface area contributed by atoms with Gasteiger partial charge in [-0.05, 0) is 69.9 Å². The van der Waals surface area contributed by atoms with Crippen molar-refractivity contribution in [3.63, 3.8) is 0 Å². The first-order valence-electron chi connectivity index (χ1n) is 15.1. The minimum absolute atomic E-state index is 0.125. The first-order chi connectivity index (χ1) is 20.9. The van der Waals surface area contributed by atoms with Gasteiger partial charge in [0, 0.05) is 68.3 Å². The van der Waals surface area contributed by atoms with Gasteiger partial charge in [-0.15, -0.1) is 0 Å². The quantitative estimate of drug-likeness (QED) is 0.144. The Morgan fingerprint density at radius 1 is 1.00 bits per heavy atom. The fourth-order valence-corrected chi connectivity index (χ4v) is 7.02. The Bertz CT molecular complexity index is 1580. The van der Waals surface area contributed by atoms with Gasteiger partial charge in [-0.3, -0.25) is 9.35 Å². The maximum Gasteiger partial charge on any atom is 0.303 e. The fourth-order valence-electron chi connectivity index (χ4n) is 6.52. The number of hydrogen-bond acceptors (Lipinski definition) is 6. The molecule has 0 saturated carbocycles. The molecule has 9 nitrogen and oxygen atoms in total. The molecule has 238 valence electrons. The number of carboxylic acid groups (broad SMARTS) is 1. The highest BCUT2D eigenvalue weighted by molar-refractivity contribution is 7.85. The number of nitrogens with zero attached hydrogens (tertiary/aromatic N) is 2. The summed E-state index contributed by atoms with van der Waals surface area (Å²) >= 11 is 0. The molecule has 4 rings (SSSR count). The highest BCUT2D eigenvalue weighted by atomic mass is 32.2. The number of ether oxygens (including phenoxy) is 2. The van der Waals surface area contributed by atoms with Crippen LogP contribution in [0.2, 0.25) is 0 Å². The van der Waals surface area contributed by atoms with Gasteiger partial charge in [-0.1, -0.05) is 30.7 Å². The van der Waals surface area contributed by atoms with Gasteiger partial charge in [0.25, 0.3) is 10.1 Å². The number of unbranched alkanes of at least 4 members (excludes halogenated alkanes) is 2. The molecule has 0 bridgehead atoms. The number of para-hydroxylation sites is 1. The highest BCUT2D eigenvalue weighted by Gasteiger charge is 2.45. The van der Waals surface area contributed by atoms with Crippen LogP contribution in [0.15, 0.2) is 71.3 Å². The lowest BCUT2D eigenvalue weighted by Crippen LogP contribution is -2.30. The molecule has 2 N–H and O–H groups in total. The molecule has 2 aromatic rings. The van der Waals surface area contributed by atoms with Gasteiger partial charge < -0.3 is 19.5 Å². The number of benzene rings is 2. The number of anilines is 1. The van der Waals surface area contributed by atoms with Crippen molar-refractivity contribution >= 4 is 33.2 Å². The first-order valence-corrected chi connectivity index (χ1v) is 16.5. The second-order valence-electron chi connectivity index (χ2n) is 12.2. The van der Waals surface area contributed by atoms with Crippen LogP contribution in [0.5, 0.6) is 0 Å². The monoisotopic (exact) mass is 625 g/mol. The molecule has 10 heteroatoms. The molecule has 1 unspecified atom stereocenters. The summed E-state index contributed by atoms with van der Waals surface area (Å²) in [6.07, 6.45) is 9.62. The number of rotatable bonds is 15. The van der Waals surface area contributed by atoms with Gasteiger partial charge in [0.15, 0.2) is 12.3 Å². The third kappa shape index (κ3) is 6.83. The van der Waals surface area contributed by atoms with E-state index >= 15 is 0 Å². The second kappa shape index (κ2) is 13.8. The number of allylic oxidation sites excluding steroid dienone is 4. The average molecular weight is 626 g/mol. The fraction of sp³-hybridized carbons (Fsp3) is 0.471. The molecule has 0 fully saturated rings. The Kier molecular flexibility index (Phi) is 10.5. The van der Waals surface area contributed by atoms with Crippen LogP contribution in [0.3, 0.4) is 0 Å². The van der Waals surface area contributed by atoms with Crippen molar-refractivity contribution in [1.29, 1.82) is 0 Å². The van der Waals surface area contributed by atoms with Gasteiger partial charge in [0.1, 0.15) is 6.61 Å². The normalized spacial score (nSPS) is 20.1. The number of methoxy groups -OCH3 is 2. The summed E-state index contributed by atoms with van der Waals surface area (Å²) in [5, 5.41) is 9.06. The molecule has 44 heavy (non-hydrogen) atoms. The SMILES string of the molecule is COCC[N+]1=C(/C=C/C=C2/N(CCCCCC(=O)O)c3ccccc3C2(C)CCOC)C(C)(C)c2cc(S(=O)(=O)O)ccc21. The summed E-state index contributed by atoms with van der Waals surface area (Å²) in [4.78, 5) is 13.3. The van der Waals surface area contributed by atoms with Crippen LogP contribution in [0.4, 0.5) is 11.4 Å². The minimum atomic E-state index is -4.35. The average Bonchev–Trinajstić information content (AvgIpc) is 3.34. The van der Waals surface area contributed by atoms with E-state index < -0.39 is 21.5 Å². The Hall–Kier alpha value is -3.31. The zero-order valence-corrected chi connectivity index (χ0v) is 27.2. The van der Waals surface area contributed by atoms with E-state index in [9.17, 15) is 17.8 Å². The lowest BCUT2D eigenvalue weighted by molar-refractivity contribution is -0.441. The highest BCUT2D eigenvalue weighted by Crippen LogP contribution is 2.50. The van der Waals surface area contributed by atoms with Crippen molar-refractivity contribution in [3.8, 4) is 0 Å². The topological polar surface area (TPSA) is 116 Å². The smallest absolute Gasteiger partial charge is 0.303 e. The summed E-state index contributed by atoms with van der Waals surface area (Å²) in [5.41, 5.74) is 5.40. The maximum atomic E-state index is 12.0. The predicted molar refractivity (Wildman–Crippen MR) is 172 cm³/mol. The first kappa shape index (κ1) is 33.6. The summed E-state index contributed by atoms with van der Waals surface area (Å²) in [6.45, 7) is 8.78. The molecule has 0 saturated heterocycles. The third-order valence-electron chi connectivity index (χ3n) is 8.91. The summed E-state index contributed by atoms with van der Waals surface area (Å²) in [6, 6.07) is 13.2. The van der Waals surface area contributed by atoms with E-state index in [-0.39, 0.29) is 16.7 Å². The van der Waals surface area contributed by atoms with Crippen LogP contribution in [0.1, 0.15) is 64.0 Å². The Morgan fingerprint density at radius 3 is 2.41 bits per heavy atom. The van der Waals surface area contributed by atoms with Crippen LogP contribution in [-0.2, 0) is 35.2 Å². The van der Waals surface area contributed by atoms with Crippen LogP contribution in [0, 0.1) is 0 Å². The van der Waals surface area contributed by atoms with Crippen LogP contribution < -0.4 is 4.90 Å². The number of carboxylic acids is 1. The largest absolute Gasteiger partial charge is 0.481 e. The summed E-state index contributed by atoms with van der Waals surface area (Å²) in [5.74, 6) is -0.766. The van der Waals surface area contributed by atoms with E-state index in [2.05, 4.69) is 72.7 Å². The van der Waals surface area contributed by atoms with Gasteiger partial charge in [0.05, 0.1) is 10.3 Å². The second-order valence-corrected chi connectivity index (χ2v) is 13.6.